The number of phenolic OH excluding ortho intramolecular Hbond substituents is 1. The van der Waals surface area contributed by atoms with Gasteiger partial charge in [0, 0.05) is 11.1 Å². The van der Waals surface area contributed by atoms with Crippen LogP contribution in [0, 0.1) is 0 Å². The van der Waals surface area contributed by atoms with Gasteiger partial charge in [0.15, 0.2) is 0 Å². The van der Waals surface area contributed by atoms with E-state index in [1.807, 2.05) is 12.1 Å². The highest BCUT2D eigenvalue weighted by atomic mass is 35.5. The number of pyridine rings is 1. The van der Waals surface area contributed by atoms with Crippen molar-refractivity contribution >= 4 is 22.5 Å². The fourth-order valence-electron chi connectivity index (χ4n) is 1.60. The molecule has 15 heavy (non-hydrogen) atoms. The second kappa shape index (κ2) is 4.07. The molecule has 0 radical (unpaired) electrons. The van der Waals surface area contributed by atoms with E-state index in [2.05, 4.69) is 11.9 Å². The van der Waals surface area contributed by atoms with Gasteiger partial charge in [-0.3, -0.25) is 0 Å². The van der Waals surface area contributed by atoms with Gasteiger partial charge in [-0.2, -0.15) is 0 Å². The Morgan fingerprint density at radius 1 is 1.27 bits per heavy atom. The molecular weight excluding hydrogens is 210 g/mol. The summed E-state index contributed by atoms with van der Waals surface area (Å²) >= 11 is 6.01. The average molecular weight is 222 g/mol. The van der Waals surface area contributed by atoms with E-state index < -0.39 is 0 Å². The maximum atomic E-state index is 9.67. The molecule has 1 N–H and O–H groups in total. The van der Waals surface area contributed by atoms with Crippen molar-refractivity contribution < 1.29 is 5.11 Å². The number of nitrogens with zero attached hydrogens (tertiary/aromatic N) is 1. The molecule has 0 aliphatic heterocycles. The molecule has 0 aliphatic rings. The number of hydrogen-bond acceptors (Lipinski definition) is 2. The summed E-state index contributed by atoms with van der Waals surface area (Å²) in [5.74, 6) is 0.187. The third-order valence-electron chi connectivity index (χ3n) is 2.35. The predicted molar refractivity (Wildman–Crippen MR) is 62.4 cm³/mol. The summed E-state index contributed by atoms with van der Waals surface area (Å²) < 4.78 is 0. The first-order chi connectivity index (χ1) is 7.22. The van der Waals surface area contributed by atoms with Crippen molar-refractivity contribution in [1.82, 2.24) is 4.98 Å². The minimum absolute atomic E-state index is 0.187. The van der Waals surface area contributed by atoms with Gasteiger partial charge in [0.25, 0.3) is 0 Å². The molecule has 1 aromatic heterocycles. The van der Waals surface area contributed by atoms with Crippen LogP contribution in [0.15, 0.2) is 24.3 Å². The fraction of sp³-hybridized carbons (Fsp3) is 0.250. The summed E-state index contributed by atoms with van der Waals surface area (Å²) in [6.45, 7) is 2.10. The highest BCUT2D eigenvalue weighted by molar-refractivity contribution is 6.35. The SMILES string of the molecule is CCCc1ccc2c(Cl)ccc(O)c2n1. The van der Waals surface area contributed by atoms with Gasteiger partial charge in [-0.05, 0) is 30.7 Å². The van der Waals surface area contributed by atoms with Crippen LogP contribution in [0.25, 0.3) is 10.9 Å². The van der Waals surface area contributed by atoms with E-state index in [0.29, 0.717) is 10.5 Å². The topological polar surface area (TPSA) is 33.1 Å². The van der Waals surface area contributed by atoms with E-state index in [-0.39, 0.29) is 5.75 Å². The quantitative estimate of drug-likeness (QED) is 0.842. The second-order valence-corrected chi connectivity index (χ2v) is 3.92. The average Bonchev–Trinajstić information content (AvgIpc) is 2.24. The van der Waals surface area contributed by atoms with Crippen molar-refractivity contribution in [2.75, 3.05) is 0 Å². The van der Waals surface area contributed by atoms with E-state index in [0.717, 1.165) is 23.9 Å². The monoisotopic (exact) mass is 221 g/mol. The molecule has 0 unspecified atom stereocenters. The highest BCUT2D eigenvalue weighted by Gasteiger charge is 2.05. The van der Waals surface area contributed by atoms with Gasteiger partial charge in [-0.15, -0.1) is 0 Å². The van der Waals surface area contributed by atoms with Crippen LogP contribution >= 0.6 is 11.6 Å². The number of rotatable bonds is 2. The number of hydrogen-bond donors (Lipinski definition) is 1. The Hall–Kier alpha value is -1.28. The van der Waals surface area contributed by atoms with Crippen LogP contribution in [0.4, 0.5) is 0 Å². The summed E-state index contributed by atoms with van der Waals surface area (Å²) in [6.07, 6.45) is 1.96. The number of phenols is 1. The van der Waals surface area contributed by atoms with E-state index >= 15 is 0 Å². The number of fused-ring (bicyclic) bond motifs is 1. The Kier molecular flexibility index (Phi) is 2.78. The Labute approximate surface area is 93.5 Å². The summed E-state index contributed by atoms with van der Waals surface area (Å²) in [6, 6.07) is 7.13. The molecule has 0 bridgehead atoms. The molecule has 0 atom stereocenters. The maximum absolute atomic E-state index is 9.67. The number of aryl methyl sites for hydroxylation is 1. The van der Waals surface area contributed by atoms with Crippen molar-refractivity contribution in [3.05, 3.63) is 35.0 Å². The van der Waals surface area contributed by atoms with Gasteiger partial charge in [-0.25, -0.2) is 4.98 Å². The van der Waals surface area contributed by atoms with Crippen LogP contribution in [0.1, 0.15) is 19.0 Å². The molecule has 0 aliphatic carbocycles. The molecule has 3 heteroatoms. The Morgan fingerprint density at radius 2 is 2.07 bits per heavy atom. The van der Waals surface area contributed by atoms with Gasteiger partial charge < -0.3 is 5.11 Å². The summed E-state index contributed by atoms with van der Waals surface area (Å²) in [5.41, 5.74) is 1.58. The Morgan fingerprint density at radius 3 is 2.80 bits per heavy atom. The molecule has 2 nitrogen and oxygen atoms in total. The maximum Gasteiger partial charge on any atom is 0.141 e. The molecule has 1 aromatic carbocycles. The predicted octanol–water partition coefficient (Wildman–Crippen LogP) is 3.55. The first kappa shape index (κ1) is 10.2. The van der Waals surface area contributed by atoms with Gasteiger partial charge in [0.2, 0.25) is 0 Å². The standard InChI is InChI=1S/C12H12ClNO/c1-2-3-8-4-5-9-10(13)6-7-11(15)12(9)14-8/h4-7,15H,2-3H2,1H3. The highest BCUT2D eigenvalue weighted by Crippen LogP contribution is 2.29. The second-order valence-electron chi connectivity index (χ2n) is 3.52. The number of benzene rings is 1. The summed E-state index contributed by atoms with van der Waals surface area (Å²) in [7, 11) is 0. The van der Waals surface area contributed by atoms with Crippen molar-refractivity contribution in [3.8, 4) is 5.75 Å². The van der Waals surface area contributed by atoms with Crippen LogP contribution in [-0.2, 0) is 6.42 Å². The zero-order valence-electron chi connectivity index (χ0n) is 8.50. The minimum atomic E-state index is 0.187. The molecule has 0 amide bonds. The van der Waals surface area contributed by atoms with Crippen molar-refractivity contribution in [2.45, 2.75) is 19.8 Å². The van der Waals surface area contributed by atoms with Crippen molar-refractivity contribution in [1.29, 1.82) is 0 Å². The summed E-state index contributed by atoms with van der Waals surface area (Å²) in [5, 5.41) is 11.1. The molecule has 0 spiro atoms. The molecule has 2 aromatic rings. The first-order valence-corrected chi connectivity index (χ1v) is 5.37. The van der Waals surface area contributed by atoms with E-state index in [1.165, 1.54) is 0 Å². The molecule has 0 saturated heterocycles. The third-order valence-corrected chi connectivity index (χ3v) is 2.68. The van der Waals surface area contributed by atoms with E-state index in [4.69, 9.17) is 11.6 Å². The smallest absolute Gasteiger partial charge is 0.141 e. The lowest BCUT2D eigenvalue weighted by atomic mass is 10.1. The number of halogens is 1. The van der Waals surface area contributed by atoms with Crippen LogP contribution in [0.2, 0.25) is 5.02 Å². The minimum Gasteiger partial charge on any atom is -0.506 e. The number of aromatic nitrogens is 1. The Balaban J connectivity index is 2.65. The molecule has 1 heterocycles. The zero-order chi connectivity index (χ0) is 10.8. The van der Waals surface area contributed by atoms with Gasteiger partial charge >= 0.3 is 0 Å². The lowest BCUT2D eigenvalue weighted by Crippen LogP contribution is -1.90. The fourth-order valence-corrected chi connectivity index (χ4v) is 1.82. The number of aromatic hydroxyl groups is 1. The third kappa shape index (κ3) is 1.90. The molecule has 0 saturated carbocycles. The van der Waals surface area contributed by atoms with Gasteiger partial charge in [0.1, 0.15) is 11.3 Å². The lowest BCUT2D eigenvalue weighted by molar-refractivity contribution is 0.480. The van der Waals surface area contributed by atoms with E-state index in [1.54, 1.807) is 12.1 Å². The Bertz CT molecular complexity index is 496. The van der Waals surface area contributed by atoms with Crippen LogP contribution in [-0.4, -0.2) is 10.1 Å². The van der Waals surface area contributed by atoms with Crippen LogP contribution in [0.3, 0.4) is 0 Å². The molecular formula is C12H12ClNO. The van der Waals surface area contributed by atoms with Crippen LogP contribution in [0.5, 0.6) is 5.75 Å². The van der Waals surface area contributed by atoms with Crippen molar-refractivity contribution in [2.24, 2.45) is 0 Å². The molecule has 78 valence electrons. The van der Waals surface area contributed by atoms with Gasteiger partial charge in [0.05, 0.1) is 5.02 Å². The largest absolute Gasteiger partial charge is 0.506 e. The molecule has 2 rings (SSSR count). The van der Waals surface area contributed by atoms with Crippen molar-refractivity contribution in [3.63, 3.8) is 0 Å². The lowest BCUT2D eigenvalue weighted by Gasteiger charge is -2.04. The summed E-state index contributed by atoms with van der Waals surface area (Å²) in [4.78, 5) is 4.39. The normalized spacial score (nSPS) is 10.8. The van der Waals surface area contributed by atoms with Crippen LogP contribution < -0.4 is 0 Å². The van der Waals surface area contributed by atoms with E-state index in [9.17, 15) is 5.11 Å². The molecule has 0 fully saturated rings. The first-order valence-electron chi connectivity index (χ1n) is 4.99. The zero-order valence-corrected chi connectivity index (χ0v) is 9.25. The van der Waals surface area contributed by atoms with Gasteiger partial charge in [-0.1, -0.05) is 24.9 Å².